The molecule has 2 heterocycles. The van der Waals surface area contributed by atoms with E-state index >= 15 is 0 Å². The van der Waals surface area contributed by atoms with E-state index < -0.39 is 0 Å². The Hall–Kier alpha value is -3.79. The fourth-order valence-electron chi connectivity index (χ4n) is 4.79. The first-order valence-corrected chi connectivity index (χ1v) is 12.0. The average molecular weight is 451 g/mol. The molecule has 5 aromatic rings. The van der Waals surface area contributed by atoms with Gasteiger partial charge in [-0.25, -0.2) is 4.79 Å². The van der Waals surface area contributed by atoms with Crippen molar-refractivity contribution in [3.8, 4) is 11.3 Å². The van der Waals surface area contributed by atoms with Gasteiger partial charge in [-0.05, 0) is 49.1 Å². The maximum absolute atomic E-state index is 12.8. The summed E-state index contributed by atoms with van der Waals surface area (Å²) in [6.45, 7) is 7.79. The molecule has 0 unspecified atom stereocenters. The molecule has 2 aromatic heterocycles. The minimum Gasteiger partial charge on any atom is -0.456 e. The van der Waals surface area contributed by atoms with Crippen molar-refractivity contribution in [1.82, 2.24) is 9.55 Å². The van der Waals surface area contributed by atoms with E-state index in [-0.39, 0.29) is 12.6 Å². The quantitative estimate of drug-likeness (QED) is 0.260. The first kappa shape index (κ1) is 22.0. The lowest BCUT2D eigenvalue weighted by Crippen LogP contribution is -2.05. The second kappa shape index (κ2) is 9.22. The Morgan fingerprint density at radius 2 is 1.79 bits per heavy atom. The molecule has 172 valence electrons. The van der Waals surface area contributed by atoms with Gasteiger partial charge in [-0.2, -0.15) is 0 Å². The van der Waals surface area contributed by atoms with E-state index in [4.69, 9.17) is 4.74 Å². The molecule has 4 heteroatoms. The monoisotopic (exact) mass is 450 g/mol. The molecule has 0 saturated carbocycles. The molecule has 4 nitrogen and oxygen atoms in total. The standard InChI is InChI=1S/C30H30N2O2/c1-4-5-16-32-27-17-20(2)14-15-24(27)21(3)29(32)25-13-9-12-23-18-26(31-28(23)25)30(33)34-19-22-10-7-6-8-11-22/h6-15,17-18,31H,4-5,16,19H2,1-3H3. The third-order valence-corrected chi connectivity index (χ3v) is 6.55. The van der Waals surface area contributed by atoms with Crippen LogP contribution in [0.2, 0.25) is 0 Å². The summed E-state index contributed by atoms with van der Waals surface area (Å²) in [5, 5.41) is 2.29. The molecule has 0 spiro atoms. The number of aromatic nitrogens is 2. The maximum Gasteiger partial charge on any atom is 0.355 e. The van der Waals surface area contributed by atoms with Crippen molar-refractivity contribution in [3.63, 3.8) is 0 Å². The minimum absolute atomic E-state index is 0.256. The van der Waals surface area contributed by atoms with E-state index in [1.165, 1.54) is 27.7 Å². The van der Waals surface area contributed by atoms with Crippen LogP contribution in [-0.4, -0.2) is 15.5 Å². The minimum atomic E-state index is -0.343. The molecule has 34 heavy (non-hydrogen) atoms. The van der Waals surface area contributed by atoms with E-state index in [1.54, 1.807) is 0 Å². The van der Waals surface area contributed by atoms with Gasteiger partial charge in [-0.15, -0.1) is 0 Å². The highest BCUT2D eigenvalue weighted by Gasteiger charge is 2.20. The SMILES string of the molecule is CCCCn1c(-c2cccc3cc(C(=O)OCc4ccccc4)[nH]c23)c(C)c2ccc(C)cc21. The number of carbonyl (C=O) groups excluding carboxylic acids is 1. The number of aromatic amines is 1. The lowest BCUT2D eigenvalue weighted by atomic mass is 10.0. The van der Waals surface area contributed by atoms with Gasteiger partial charge in [0, 0.05) is 28.4 Å². The molecule has 0 bridgehead atoms. The van der Waals surface area contributed by atoms with Crippen LogP contribution >= 0.6 is 0 Å². The number of para-hydroxylation sites is 1. The molecule has 0 aliphatic rings. The highest BCUT2D eigenvalue weighted by atomic mass is 16.5. The number of ether oxygens (including phenoxy) is 1. The normalized spacial score (nSPS) is 11.4. The summed E-state index contributed by atoms with van der Waals surface area (Å²) in [6.07, 6.45) is 2.25. The first-order chi connectivity index (χ1) is 16.6. The van der Waals surface area contributed by atoms with Crippen molar-refractivity contribution in [2.24, 2.45) is 0 Å². The van der Waals surface area contributed by atoms with Crippen molar-refractivity contribution >= 4 is 27.8 Å². The fraction of sp³-hybridized carbons (Fsp3) is 0.233. The van der Waals surface area contributed by atoms with Crippen molar-refractivity contribution in [2.45, 2.75) is 46.8 Å². The van der Waals surface area contributed by atoms with Gasteiger partial charge in [0.2, 0.25) is 0 Å². The Labute approximate surface area is 200 Å². The number of benzene rings is 3. The number of H-pyrrole nitrogens is 1. The summed E-state index contributed by atoms with van der Waals surface area (Å²) >= 11 is 0. The topological polar surface area (TPSA) is 47.0 Å². The third kappa shape index (κ3) is 4.01. The summed E-state index contributed by atoms with van der Waals surface area (Å²) in [6, 6.07) is 24.6. The fourth-order valence-corrected chi connectivity index (χ4v) is 4.79. The molecule has 0 aliphatic carbocycles. The number of fused-ring (bicyclic) bond motifs is 2. The van der Waals surface area contributed by atoms with Crippen LogP contribution in [-0.2, 0) is 17.9 Å². The Kier molecular flexibility index (Phi) is 5.97. The molecule has 0 atom stereocenters. The molecule has 1 N–H and O–H groups in total. The van der Waals surface area contributed by atoms with Crippen LogP contribution in [0.4, 0.5) is 0 Å². The Morgan fingerprint density at radius 3 is 2.59 bits per heavy atom. The Bertz CT molecular complexity index is 1470. The zero-order valence-electron chi connectivity index (χ0n) is 20.0. The first-order valence-electron chi connectivity index (χ1n) is 12.0. The van der Waals surface area contributed by atoms with Gasteiger partial charge in [-0.3, -0.25) is 0 Å². The molecule has 0 saturated heterocycles. The van der Waals surface area contributed by atoms with Gasteiger partial charge in [0.15, 0.2) is 0 Å². The van der Waals surface area contributed by atoms with E-state index in [0.717, 1.165) is 41.4 Å². The third-order valence-electron chi connectivity index (χ3n) is 6.55. The van der Waals surface area contributed by atoms with Gasteiger partial charge in [-0.1, -0.05) is 74.0 Å². The summed E-state index contributed by atoms with van der Waals surface area (Å²) in [5.41, 5.74) is 8.54. The molecular weight excluding hydrogens is 420 g/mol. The van der Waals surface area contributed by atoms with Crippen molar-refractivity contribution in [1.29, 1.82) is 0 Å². The van der Waals surface area contributed by atoms with Crippen LogP contribution in [0, 0.1) is 13.8 Å². The number of hydrogen-bond donors (Lipinski definition) is 1. The van der Waals surface area contributed by atoms with Crippen molar-refractivity contribution < 1.29 is 9.53 Å². The number of carbonyl (C=O) groups is 1. The highest BCUT2D eigenvalue weighted by molar-refractivity contribution is 6.03. The van der Waals surface area contributed by atoms with Crippen molar-refractivity contribution in [3.05, 3.63) is 95.2 Å². The van der Waals surface area contributed by atoms with Crippen LogP contribution in [0.5, 0.6) is 0 Å². The van der Waals surface area contributed by atoms with Crippen LogP contribution in [0.15, 0.2) is 72.8 Å². The van der Waals surface area contributed by atoms with Crippen molar-refractivity contribution in [2.75, 3.05) is 0 Å². The second-order valence-electron chi connectivity index (χ2n) is 9.01. The number of unbranched alkanes of at least 4 members (excludes halogenated alkanes) is 1. The second-order valence-corrected chi connectivity index (χ2v) is 9.01. The molecule has 0 amide bonds. The van der Waals surface area contributed by atoms with Gasteiger partial charge in [0.05, 0.1) is 11.2 Å². The molecular formula is C30H30N2O2. The zero-order valence-corrected chi connectivity index (χ0v) is 20.0. The summed E-state index contributed by atoms with van der Waals surface area (Å²) in [4.78, 5) is 16.2. The van der Waals surface area contributed by atoms with Crippen LogP contribution in [0.1, 0.15) is 46.9 Å². The van der Waals surface area contributed by atoms with Gasteiger partial charge < -0.3 is 14.3 Å². The Morgan fingerprint density at radius 1 is 0.971 bits per heavy atom. The number of esters is 1. The number of nitrogens with one attached hydrogen (secondary N) is 1. The lowest BCUT2D eigenvalue weighted by Gasteiger charge is -2.13. The molecule has 3 aromatic carbocycles. The van der Waals surface area contributed by atoms with E-state index in [1.807, 2.05) is 42.5 Å². The Balaban J connectivity index is 1.58. The number of rotatable bonds is 7. The van der Waals surface area contributed by atoms with Crippen LogP contribution < -0.4 is 0 Å². The molecule has 0 aliphatic heterocycles. The van der Waals surface area contributed by atoms with Crippen LogP contribution in [0.25, 0.3) is 33.1 Å². The number of aryl methyl sites for hydroxylation is 3. The molecule has 5 rings (SSSR count). The summed E-state index contributed by atoms with van der Waals surface area (Å²) in [7, 11) is 0. The molecule has 0 radical (unpaired) electrons. The van der Waals surface area contributed by atoms with E-state index in [9.17, 15) is 4.79 Å². The van der Waals surface area contributed by atoms with Gasteiger partial charge in [0.1, 0.15) is 12.3 Å². The zero-order chi connectivity index (χ0) is 23.7. The van der Waals surface area contributed by atoms with Gasteiger partial charge in [0.25, 0.3) is 0 Å². The smallest absolute Gasteiger partial charge is 0.355 e. The average Bonchev–Trinajstić information content (AvgIpc) is 3.41. The predicted molar refractivity (Wildman–Crippen MR) is 139 cm³/mol. The number of nitrogens with zero attached hydrogens (tertiary/aromatic N) is 1. The molecule has 0 fully saturated rings. The van der Waals surface area contributed by atoms with E-state index in [2.05, 4.69) is 60.7 Å². The summed E-state index contributed by atoms with van der Waals surface area (Å²) < 4.78 is 8.02. The lowest BCUT2D eigenvalue weighted by molar-refractivity contribution is 0.0467. The van der Waals surface area contributed by atoms with E-state index in [0.29, 0.717) is 5.69 Å². The summed E-state index contributed by atoms with van der Waals surface area (Å²) in [5.74, 6) is -0.343. The maximum atomic E-state index is 12.8. The highest BCUT2D eigenvalue weighted by Crippen LogP contribution is 2.37. The number of hydrogen-bond acceptors (Lipinski definition) is 2. The van der Waals surface area contributed by atoms with Crippen LogP contribution in [0.3, 0.4) is 0 Å². The van der Waals surface area contributed by atoms with Gasteiger partial charge >= 0.3 is 5.97 Å². The predicted octanol–water partition coefficient (Wildman–Crippen LogP) is 7.56. The largest absolute Gasteiger partial charge is 0.456 e.